The normalized spacial score (nSPS) is 17.8. The molecule has 202 valence electrons. The largest absolute Gasteiger partial charge is 0.374 e. The number of H-pyrrole nitrogens is 1. The van der Waals surface area contributed by atoms with E-state index in [-0.39, 0.29) is 0 Å². The molecule has 0 spiro atoms. The van der Waals surface area contributed by atoms with Crippen molar-refractivity contribution in [2.45, 2.75) is 46.5 Å². The second kappa shape index (κ2) is 11.3. The van der Waals surface area contributed by atoms with Gasteiger partial charge in [-0.3, -0.25) is 4.90 Å². The Morgan fingerprint density at radius 2 is 1.55 bits per heavy atom. The van der Waals surface area contributed by atoms with Crippen LogP contribution in [0.5, 0.6) is 0 Å². The number of nitrogens with zero attached hydrogens (tertiary/aromatic N) is 3. The van der Waals surface area contributed by atoms with Crippen LogP contribution >= 0.6 is 11.3 Å². The summed E-state index contributed by atoms with van der Waals surface area (Å²) in [5, 5.41) is 1.34. The van der Waals surface area contributed by atoms with Gasteiger partial charge >= 0.3 is 0 Å². The number of allylic oxidation sites excluding steroid dienone is 2. The van der Waals surface area contributed by atoms with E-state index >= 15 is 0 Å². The van der Waals surface area contributed by atoms with Gasteiger partial charge in [0, 0.05) is 68.3 Å². The number of likely N-dealkylation sites (tertiary alicyclic amines) is 1. The predicted octanol–water partition coefficient (Wildman–Crippen LogP) is 7.43. The SMILES string of the molecule is C=C(C)C(=C)c1cc2c([C@@H](C)CN3CCN(CC(=C)N4CCCC4)CC3)c(-c3cc(C)cc(C)c3)[nH]c2s1. The summed E-state index contributed by atoms with van der Waals surface area (Å²) in [5.41, 5.74) is 9.99. The van der Waals surface area contributed by atoms with E-state index in [2.05, 4.69) is 84.5 Å². The van der Waals surface area contributed by atoms with Crippen LogP contribution in [0.25, 0.3) is 27.0 Å². The number of nitrogens with one attached hydrogen (secondary N) is 1. The molecule has 5 heteroatoms. The standard InChI is InChI=1S/C33H44N4S/c1-22(2)27(7)30-19-29-31(32(34-33(29)38-30)28-17-23(3)16-24(4)18-28)25(5)20-35-12-14-36(15-13-35)21-26(6)37-10-8-9-11-37/h16-19,25,34H,1,6-15,20-21H2,2-5H3/t25-/m0/s1. The highest BCUT2D eigenvalue weighted by Crippen LogP contribution is 2.42. The lowest BCUT2D eigenvalue weighted by molar-refractivity contribution is 0.130. The first-order chi connectivity index (χ1) is 18.2. The summed E-state index contributed by atoms with van der Waals surface area (Å²) < 4.78 is 0. The molecule has 0 bridgehead atoms. The average molecular weight is 529 g/mol. The van der Waals surface area contributed by atoms with E-state index in [0.717, 1.165) is 50.4 Å². The highest BCUT2D eigenvalue weighted by atomic mass is 32.1. The molecule has 1 N–H and O–H groups in total. The van der Waals surface area contributed by atoms with Crippen molar-refractivity contribution in [2.24, 2.45) is 0 Å². The van der Waals surface area contributed by atoms with Crippen LogP contribution in [0, 0.1) is 13.8 Å². The van der Waals surface area contributed by atoms with Crippen LogP contribution in [-0.4, -0.2) is 72.0 Å². The van der Waals surface area contributed by atoms with E-state index in [0.29, 0.717) is 5.92 Å². The van der Waals surface area contributed by atoms with Crippen LogP contribution in [0.2, 0.25) is 0 Å². The maximum Gasteiger partial charge on any atom is 0.101 e. The van der Waals surface area contributed by atoms with Crippen LogP contribution in [0.15, 0.2) is 55.3 Å². The molecule has 0 unspecified atom stereocenters. The zero-order chi connectivity index (χ0) is 27.0. The molecule has 1 aromatic carbocycles. The number of benzene rings is 1. The van der Waals surface area contributed by atoms with Crippen molar-refractivity contribution >= 4 is 27.1 Å². The minimum atomic E-state index is 0.409. The zero-order valence-corrected chi connectivity index (χ0v) is 24.6. The van der Waals surface area contributed by atoms with E-state index < -0.39 is 0 Å². The molecule has 38 heavy (non-hydrogen) atoms. The van der Waals surface area contributed by atoms with Crippen LogP contribution in [0.1, 0.15) is 54.2 Å². The van der Waals surface area contributed by atoms with Crippen molar-refractivity contribution in [2.75, 3.05) is 52.4 Å². The van der Waals surface area contributed by atoms with Gasteiger partial charge in [-0.1, -0.05) is 49.4 Å². The Balaban J connectivity index is 1.35. The first kappa shape index (κ1) is 27.0. The molecule has 0 saturated carbocycles. The number of hydrogen-bond donors (Lipinski definition) is 1. The van der Waals surface area contributed by atoms with Gasteiger partial charge in [-0.05, 0) is 74.4 Å². The average Bonchev–Trinajstić information content (AvgIpc) is 3.60. The van der Waals surface area contributed by atoms with Crippen molar-refractivity contribution in [3.8, 4) is 11.3 Å². The number of aryl methyl sites for hydroxylation is 2. The summed E-state index contributed by atoms with van der Waals surface area (Å²) in [5.74, 6) is 0.409. The second-order valence-electron chi connectivity index (χ2n) is 11.6. The molecule has 0 amide bonds. The van der Waals surface area contributed by atoms with Crippen molar-refractivity contribution < 1.29 is 0 Å². The van der Waals surface area contributed by atoms with Crippen molar-refractivity contribution in [3.63, 3.8) is 0 Å². The third-order valence-corrected chi connectivity index (χ3v) is 9.41. The lowest BCUT2D eigenvalue weighted by atomic mass is 9.93. The van der Waals surface area contributed by atoms with Gasteiger partial charge in [0.15, 0.2) is 0 Å². The van der Waals surface area contributed by atoms with Gasteiger partial charge in [0.25, 0.3) is 0 Å². The summed E-state index contributed by atoms with van der Waals surface area (Å²) in [6.07, 6.45) is 2.63. The summed E-state index contributed by atoms with van der Waals surface area (Å²) >= 11 is 1.80. The van der Waals surface area contributed by atoms with E-state index in [1.807, 2.05) is 6.92 Å². The molecule has 2 saturated heterocycles. The molecule has 2 aliphatic heterocycles. The molecule has 2 fully saturated rings. The van der Waals surface area contributed by atoms with Crippen molar-refractivity contribution in [1.82, 2.24) is 19.7 Å². The lowest BCUT2D eigenvalue weighted by Crippen LogP contribution is -2.48. The topological polar surface area (TPSA) is 25.5 Å². The molecule has 2 aliphatic rings. The Kier molecular flexibility index (Phi) is 7.99. The number of hydrogen-bond acceptors (Lipinski definition) is 4. The fraction of sp³-hybridized carbons (Fsp3) is 0.455. The van der Waals surface area contributed by atoms with E-state index in [4.69, 9.17) is 0 Å². The highest BCUT2D eigenvalue weighted by molar-refractivity contribution is 7.19. The molecule has 5 rings (SSSR count). The highest BCUT2D eigenvalue weighted by Gasteiger charge is 2.26. The molecule has 3 aromatic rings. The van der Waals surface area contributed by atoms with Crippen LogP contribution in [0.3, 0.4) is 0 Å². The van der Waals surface area contributed by atoms with Gasteiger partial charge in [0.05, 0.1) is 5.69 Å². The van der Waals surface area contributed by atoms with Crippen LogP contribution in [0.4, 0.5) is 0 Å². The maximum atomic E-state index is 4.39. The van der Waals surface area contributed by atoms with Gasteiger partial charge in [0.2, 0.25) is 0 Å². The molecular formula is C33H44N4S. The molecular weight excluding hydrogens is 484 g/mol. The summed E-state index contributed by atoms with van der Waals surface area (Å²) in [4.78, 5) is 14.0. The van der Waals surface area contributed by atoms with E-state index in [1.54, 1.807) is 11.3 Å². The number of fused-ring (bicyclic) bond motifs is 1. The summed E-state index contributed by atoms with van der Waals surface area (Å²) in [7, 11) is 0. The number of aromatic nitrogens is 1. The fourth-order valence-electron chi connectivity index (χ4n) is 6.22. The first-order valence-electron chi connectivity index (χ1n) is 14.2. The Hall–Kier alpha value is -2.60. The first-order valence-corrected chi connectivity index (χ1v) is 15.0. The van der Waals surface area contributed by atoms with Gasteiger partial charge in [-0.25, -0.2) is 0 Å². The Labute approximate surface area is 233 Å². The second-order valence-corrected chi connectivity index (χ2v) is 12.7. The zero-order valence-electron chi connectivity index (χ0n) is 23.8. The number of thiophene rings is 1. The van der Waals surface area contributed by atoms with Crippen LogP contribution < -0.4 is 0 Å². The van der Waals surface area contributed by atoms with Crippen molar-refractivity contribution in [3.05, 3.63) is 76.8 Å². The van der Waals surface area contributed by atoms with Gasteiger partial charge in [0.1, 0.15) is 4.83 Å². The lowest BCUT2D eigenvalue weighted by Gasteiger charge is -2.37. The minimum absolute atomic E-state index is 0.409. The van der Waals surface area contributed by atoms with E-state index in [1.165, 1.54) is 74.7 Å². The fourth-order valence-corrected chi connectivity index (χ4v) is 7.34. The Bertz CT molecular complexity index is 1320. The molecule has 1 atom stereocenters. The number of piperazine rings is 1. The molecule has 4 heterocycles. The molecule has 0 radical (unpaired) electrons. The van der Waals surface area contributed by atoms with E-state index in [9.17, 15) is 0 Å². The quantitative estimate of drug-likeness (QED) is 0.292. The third kappa shape index (κ3) is 5.70. The maximum absolute atomic E-state index is 4.39. The predicted molar refractivity (Wildman–Crippen MR) is 166 cm³/mol. The molecule has 4 nitrogen and oxygen atoms in total. The van der Waals surface area contributed by atoms with Crippen molar-refractivity contribution in [1.29, 1.82) is 0 Å². The molecule has 0 aliphatic carbocycles. The minimum Gasteiger partial charge on any atom is -0.374 e. The summed E-state index contributed by atoms with van der Waals surface area (Å²) in [6, 6.07) is 9.23. The number of aromatic amines is 1. The Morgan fingerprint density at radius 3 is 2.18 bits per heavy atom. The van der Waals surface area contributed by atoms with Gasteiger partial charge in [-0.15, -0.1) is 11.3 Å². The molecule has 2 aromatic heterocycles. The number of rotatable bonds is 9. The van der Waals surface area contributed by atoms with Crippen LogP contribution in [-0.2, 0) is 0 Å². The van der Waals surface area contributed by atoms with Gasteiger partial charge < -0.3 is 14.8 Å². The van der Waals surface area contributed by atoms with Gasteiger partial charge in [-0.2, -0.15) is 0 Å². The summed E-state index contributed by atoms with van der Waals surface area (Å²) in [6.45, 7) is 30.6. The Morgan fingerprint density at radius 1 is 0.921 bits per heavy atom. The monoisotopic (exact) mass is 528 g/mol. The smallest absolute Gasteiger partial charge is 0.101 e. The third-order valence-electron chi connectivity index (χ3n) is 8.30.